The molecule has 0 aromatic heterocycles. The lowest BCUT2D eigenvalue weighted by molar-refractivity contribution is 0.0627. The molecule has 84 valence electrons. The number of aliphatic hydroxyl groups is 2. The number of aliphatic hydroxyl groups excluding tert-OH is 2. The number of sulfonamides is 1. The zero-order chi connectivity index (χ0) is 10.8. The van der Waals surface area contributed by atoms with Gasteiger partial charge in [-0.2, -0.15) is 0 Å². The van der Waals surface area contributed by atoms with E-state index in [1.54, 1.807) is 0 Å². The summed E-state index contributed by atoms with van der Waals surface area (Å²) in [7, 11) is -3.32. The number of rotatable bonds is 3. The molecule has 2 N–H and O–H groups in total. The predicted molar refractivity (Wildman–Crippen MR) is 52.2 cm³/mol. The van der Waals surface area contributed by atoms with Gasteiger partial charge in [0.25, 0.3) is 0 Å². The summed E-state index contributed by atoms with van der Waals surface area (Å²) in [6, 6.07) is 0. The van der Waals surface area contributed by atoms with Gasteiger partial charge in [0, 0.05) is 13.1 Å². The van der Waals surface area contributed by atoms with Crippen molar-refractivity contribution in [3.8, 4) is 0 Å². The molecular weight excluding hydrogens is 206 g/mol. The molecular formula is C8H17NO4S. The minimum Gasteiger partial charge on any atom is -0.395 e. The van der Waals surface area contributed by atoms with E-state index in [2.05, 4.69) is 0 Å². The van der Waals surface area contributed by atoms with Gasteiger partial charge in [0.2, 0.25) is 10.0 Å². The monoisotopic (exact) mass is 223 g/mol. The van der Waals surface area contributed by atoms with Crippen LogP contribution in [0.15, 0.2) is 0 Å². The average Bonchev–Trinajstić information content (AvgIpc) is 2.09. The van der Waals surface area contributed by atoms with E-state index >= 15 is 0 Å². The molecule has 0 aromatic carbocycles. The molecule has 0 aliphatic carbocycles. The van der Waals surface area contributed by atoms with Crippen molar-refractivity contribution < 1.29 is 18.6 Å². The molecule has 2 unspecified atom stereocenters. The second kappa shape index (κ2) is 4.57. The van der Waals surface area contributed by atoms with Gasteiger partial charge in [-0.15, -0.1) is 0 Å². The molecule has 6 heteroatoms. The van der Waals surface area contributed by atoms with E-state index in [9.17, 15) is 13.5 Å². The summed E-state index contributed by atoms with van der Waals surface area (Å²) in [6.45, 7) is 2.18. The number of hydrogen-bond donors (Lipinski definition) is 2. The van der Waals surface area contributed by atoms with Gasteiger partial charge in [-0.1, -0.05) is 6.92 Å². The Labute approximate surface area is 84.4 Å². The third-order valence-electron chi connectivity index (χ3n) is 2.57. The Bertz CT molecular complexity index is 277. The highest BCUT2D eigenvalue weighted by atomic mass is 32.2. The molecule has 0 spiro atoms. The van der Waals surface area contributed by atoms with E-state index in [1.165, 1.54) is 4.31 Å². The van der Waals surface area contributed by atoms with Crippen molar-refractivity contribution in [1.82, 2.24) is 4.31 Å². The fourth-order valence-electron chi connectivity index (χ4n) is 1.59. The SMILES string of the molecule is CC1CN(S(=O)(=O)CCO)CCC1O. The standard InChI is InChI=1S/C8H17NO4S/c1-7-6-9(3-2-8(7)11)14(12,13)5-4-10/h7-8,10-11H,2-6H2,1H3. The maximum Gasteiger partial charge on any atom is 0.216 e. The van der Waals surface area contributed by atoms with Crippen LogP contribution in [0.5, 0.6) is 0 Å². The van der Waals surface area contributed by atoms with E-state index in [0.717, 1.165) is 0 Å². The van der Waals surface area contributed by atoms with Gasteiger partial charge >= 0.3 is 0 Å². The van der Waals surface area contributed by atoms with E-state index in [-0.39, 0.29) is 18.3 Å². The predicted octanol–water partition coefficient (Wildman–Crippen LogP) is -0.989. The smallest absolute Gasteiger partial charge is 0.216 e. The summed E-state index contributed by atoms with van der Waals surface area (Å²) >= 11 is 0. The van der Waals surface area contributed by atoms with Crippen molar-refractivity contribution in [1.29, 1.82) is 0 Å². The third-order valence-corrected chi connectivity index (χ3v) is 4.38. The molecule has 1 saturated heterocycles. The van der Waals surface area contributed by atoms with Crippen molar-refractivity contribution in [2.75, 3.05) is 25.4 Å². The van der Waals surface area contributed by atoms with Gasteiger partial charge in [-0.05, 0) is 12.3 Å². The van der Waals surface area contributed by atoms with Crippen molar-refractivity contribution in [2.45, 2.75) is 19.4 Å². The summed E-state index contributed by atoms with van der Waals surface area (Å²) in [4.78, 5) is 0. The molecule has 1 heterocycles. The molecule has 1 aliphatic heterocycles. The van der Waals surface area contributed by atoms with Gasteiger partial charge in [-0.3, -0.25) is 0 Å². The van der Waals surface area contributed by atoms with Crippen molar-refractivity contribution in [3.63, 3.8) is 0 Å². The summed E-state index contributed by atoms with van der Waals surface area (Å²) in [6.07, 6.45) is 0.0711. The van der Waals surface area contributed by atoms with Crippen LogP contribution >= 0.6 is 0 Å². The average molecular weight is 223 g/mol. The molecule has 1 aliphatic rings. The Morgan fingerprint density at radius 1 is 1.50 bits per heavy atom. The van der Waals surface area contributed by atoms with Crippen LogP contribution in [0.2, 0.25) is 0 Å². The van der Waals surface area contributed by atoms with Crippen LogP contribution in [0.1, 0.15) is 13.3 Å². The minimum atomic E-state index is -3.32. The quantitative estimate of drug-likeness (QED) is 0.644. The fraction of sp³-hybridized carbons (Fsp3) is 1.00. The number of nitrogens with zero attached hydrogens (tertiary/aromatic N) is 1. The third kappa shape index (κ3) is 2.66. The van der Waals surface area contributed by atoms with E-state index in [1.807, 2.05) is 6.92 Å². The Balaban J connectivity index is 2.63. The molecule has 1 fully saturated rings. The van der Waals surface area contributed by atoms with Crippen LogP contribution in [0.25, 0.3) is 0 Å². The lowest BCUT2D eigenvalue weighted by atomic mass is 9.99. The van der Waals surface area contributed by atoms with Crippen molar-refractivity contribution in [3.05, 3.63) is 0 Å². The topological polar surface area (TPSA) is 77.8 Å². The fourth-order valence-corrected chi connectivity index (χ4v) is 2.93. The van der Waals surface area contributed by atoms with E-state index < -0.39 is 16.1 Å². The first-order valence-corrected chi connectivity index (χ1v) is 6.35. The lowest BCUT2D eigenvalue weighted by Gasteiger charge is -2.33. The van der Waals surface area contributed by atoms with Crippen molar-refractivity contribution in [2.24, 2.45) is 5.92 Å². The molecule has 0 aromatic rings. The Kier molecular flexibility index (Phi) is 3.88. The van der Waals surface area contributed by atoms with Crippen molar-refractivity contribution >= 4 is 10.0 Å². The molecule has 0 amide bonds. The van der Waals surface area contributed by atoms with Crippen LogP contribution in [-0.2, 0) is 10.0 Å². The van der Waals surface area contributed by atoms with E-state index in [4.69, 9.17) is 5.11 Å². The summed E-state index contributed by atoms with van der Waals surface area (Å²) in [5.41, 5.74) is 0. The first kappa shape index (κ1) is 11.9. The normalized spacial score (nSPS) is 30.5. The first-order chi connectivity index (χ1) is 6.47. The molecule has 0 saturated carbocycles. The van der Waals surface area contributed by atoms with Crippen LogP contribution in [0.3, 0.4) is 0 Å². The zero-order valence-corrected chi connectivity index (χ0v) is 9.07. The van der Waals surface area contributed by atoms with Crippen LogP contribution in [0, 0.1) is 5.92 Å². The van der Waals surface area contributed by atoms with Gasteiger partial charge < -0.3 is 10.2 Å². The van der Waals surface area contributed by atoms with Gasteiger partial charge in [0.05, 0.1) is 18.5 Å². The highest BCUT2D eigenvalue weighted by Gasteiger charge is 2.30. The second-order valence-corrected chi connectivity index (χ2v) is 5.82. The summed E-state index contributed by atoms with van der Waals surface area (Å²) < 4.78 is 24.4. The Hall–Kier alpha value is -0.170. The van der Waals surface area contributed by atoms with Gasteiger partial charge in [-0.25, -0.2) is 12.7 Å². The lowest BCUT2D eigenvalue weighted by Crippen LogP contribution is -2.46. The second-order valence-electron chi connectivity index (χ2n) is 3.73. The molecule has 0 radical (unpaired) electrons. The summed E-state index contributed by atoms with van der Waals surface area (Å²) in [5.74, 6) is -0.257. The van der Waals surface area contributed by atoms with Crippen LogP contribution < -0.4 is 0 Å². The molecule has 1 rings (SSSR count). The zero-order valence-electron chi connectivity index (χ0n) is 8.26. The van der Waals surface area contributed by atoms with Crippen LogP contribution in [0.4, 0.5) is 0 Å². The largest absolute Gasteiger partial charge is 0.395 e. The maximum atomic E-state index is 11.5. The van der Waals surface area contributed by atoms with Gasteiger partial charge in [0.1, 0.15) is 0 Å². The molecule has 2 atom stereocenters. The molecule has 5 nitrogen and oxygen atoms in total. The highest BCUT2D eigenvalue weighted by molar-refractivity contribution is 7.89. The molecule has 0 bridgehead atoms. The van der Waals surface area contributed by atoms with Gasteiger partial charge in [0.15, 0.2) is 0 Å². The number of hydrogen-bond acceptors (Lipinski definition) is 4. The highest BCUT2D eigenvalue weighted by Crippen LogP contribution is 2.19. The minimum absolute atomic E-state index is 0.0304. The Morgan fingerprint density at radius 2 is 2.14 bits per heavy atom. The Morgan fingerprint density at radius 3 is 2.64 bits per heavy atom. The summed E-state index contributed by atoms with van der Waals surface area (Å²) in [5, 5.41) is 18.0. The first-order valence-electron chi connectivity index (χ1n) is 4.74. The van der Waals surface area contributed by atoms with Crippen LogP contribution in [-0.4, -0.2) is 54.5 Å². The number of piperidine rings is 1. The molecule has 14 heavy (non-hydrogen) atoms. The van der Waals surface area contributed by atoms with E-state index in [0.29, 0.717) is 19.5 Å². The maximum absolute atomic E-state index is 11.5.